The predicted octanol–water partition coefficient (Wildman–Crippen LogP) is 1.71. The van der Waals surface area contributed by atoms with Crippen molar-refractivity contribution in [1.82, 2.24) is 10.3 Å². The minimum atomic E-state index is -0.495. The van der Waals surface area contributed by atoms with Gasteiger partial charge in [0.1, 0.15) is 6.10 Å². The summed E-state index contributed by atoms with van der Waals surface area (Å²) in [7, 11) is 0. The number of carbonyl (C=O) groups is 3. The summed E-state index contributed by atoms with van der Waals surface area (Å²) in [5.41, 5.74) is 1.61. The Morgan fingerprint density at radius 3 is 2.52 bits per heavy atom. The molecule has 2 heterocycles. The monoisotopic (exact) mass is 373 g/mol. The molecule has 0 aliphatic carbocycles. The molecular weight excluding hydrogens is 354 g/mol. The lowest BCUT2D eigenvalue weighted by atomic mass is 10.1. The van der Waals surface area contributed by atoms with E-state index in [1.54, 1.807) is 18.2 Å². The third-order valence-corrected chi connectivity index (χ3v) is 3.99. The van der Waals surface area contributed by atoms with E-state index < -0.39 is 12.0 Å². The molecule has 3 rings (SSSR count). The third-order valence-electron chi connectivity index (χ3n) is 3.99. The van der Waals surface area contributed by atoms with Gasteiger partial charge in [-0.25, -0.2) is 4.63 Å². The zero-order valence-electron chi connectivity index (χ0n) is 14.9. The van der Waals surface area contributed by atoms with Crippen LogP contribution in [0, 0.1) is 6.92 Å². The van der Waals surface area contributed by atoms with Gasteiger partial charge in [0.05, 0.1) is 0 Å². The second kappa shape index (κ2) is 7.96. The molecule has 0 radical (unpaired) electrons. The van der Waals surface area contributed by atoms with Crippen molar-refractivity contribution in [2.24, 2.45) is 0 Å². The summed E-state index contributed by atoms with van der Waals surface area (Å²) in [5.74, 6) is -1.11. The predicted molar refractivity (Wildman–Crippen MR) is 95.3 cm³/mol. The smallest absolute Gasteiger partial charge is 0.257 e. The van der Waals surface area contributed by atoms with Crippen LogP contribution >= 0.6 is 0 Å². The van der Waals surface area contributed by atoms with Gasteiger partial charge in [0, 0.05) is 24.8 Å². The number of benzene rings is 1. The van der Waals surface area contributed by atoms with E-state index in [1.807, 2.05) is 6.92 Å². The van der Waals surface area contributed by atoms with Crippen LogP contribution in [0.15, 0.2) is 22.8 Å². The lowest BCUT2D eigenvalue weighted by Crippen LogP contribution is -2.27. The van der Waals surface area contributed by atoms with Gasteiger partial charge in [-0.1, -0.05) is 6.07 Å². The highest BCUT2D eigenvalue weighted by atomic mass is 16.6. The number of nitrogens with zero attached hydrogens (tertiary/aromatic N) is 2. The fourth-order valence-corrected chi connectivity index (χ4v) is 2.59. The summed E-state index contributed by atoms with van der Waals surface area (Å²) < 4.78 is 9.90. The molecule has 27 heavy (non-hydrogen) atoms. The molecule has 1 aliphatic heterocycles. The summed E-state index contributed by atoms with van der Waals surface area (Å²) in [6.07, 6.45) is 1.06. The Morgan fingerprint density at radius 1 is 1.11 bits per heavy atom. The zero-order valence-corrected chi connectivity index (χ0v) is 14.9. The highest BCUT2D eigenvalue weighted by Gasteiger charge is 2.24. The summed E-state index contributed by atoms with van der Waals surface area (Å²) >= 11 is 0. The fraction of sp³-hybridized carbons (Fsp3) is 0.353. The van der Waals surface area contributed by atoms with Crippen molar-refractivity contribution in [2.45, 2.75) is 32.8 Å². The average molecular weight is 373 g/mol. The molecule has 1 fully saturated rings. The van der Waals surface area contributed by atoms with E-state index in [0.29, 0.717) is 24.3 Å². The Kier molecular flexibility index (Phi) is 5.46. The maximum absolute atomic E-state index is 12.5. The van der Waals surface area contributed by atoms with Crippen molar-refractivity contribution in [3.05, 3.63) is 29.3 Å². The number of nitrogens with one attached hydrogen (secondary N) is 3. The fourth-order valence-electron chi connectivity index (χ4n) is 2.59. The number of amides is 3. The first-order valence-electron chi connectivity index (χ1n) is 8.38. The number of ether oxygens (including phenoxy) is 1. The number of rotatable bonds is 5. The number of hydrogen-bond donors (Lipinski definition) is 3. The Balaban J connectivity index is 1.73. The lowest BCUT2D eigenvalue weighted by Gasteiger charge is -2.13. The molecule has 10 heteroatoms. The molecule has 0 unspecified atom stereocenters. The van der Waals surface area contributed by atoms with Crippen LogP contribution in [-0.4, -0.2) is 40.7 Å². The third kappa shape index (κ3) is 4.47. The molecule has 1 aromatic heterocycles. The van der Waals surface area contributed by atoms with E-state index in [4.69, 9.17) is 4.74 Å². The van der Waals surface area contributed by atoms with Crippen LogP contribution in [-0.2, 0) is 14.3 Å². The number of aryl methyl sites for hydroxylation is 1. The molecule has 1 saturated heterocycles. The van der Waals surface area contributed by atoms with E-state index >= 15 is 0 Å². The van der Waals surface area contributed by atoms with Crippen molar-refractivity contribution in [1.29, 1.82) is 0 Å². The second-order valence-corrected chi connectivity index (χ2v) is 6.12. The Hall–Kier alpha value is -3.27. The number of carbonyl (C=O) groups excluding carboxylic acids is 3. The molecule has 0 saturated carbocycles. The van der Waals surface area contributed by atoms with E-state index in [-0.39, 0.29) is 23.5 Å². The van der Waals surface area contributed by atoms with Crippen molar-refractivity contribution in [2.75, 3.05) is 22.6 Å². The molecule has 3 N–H and O–H groups in total. The number of aromatic nitrogens is 2. The Morgan fingerprint density at radius 2 is 1.85 bits per heavy atom. The largest absolute Gasteiger partial charge is 0.368 e. The Bertz CT molecular complexity index is 872. The molecule has 142 valence electrons. The molecule has 1 aromatic carbocycles. The molecule has 0 spiro atoms. The van der Waals surface area contributed by atoms with Crippen LogP contribution in [0.1, 0.15) is 35.7 Å². The lowest BCUT2D eigenvalue weighted by molar-refractivity contribution is -0.124. The van der Waals surface area contributed by atoms with Crippen molar-refractivity contribution >= 4 is 35.0 Å². The SMILES string of the molecule is CC(=O)Nc1nonc1NC(=O)c1ccc(C)c(NC(=O)[C@@H]2CCCO2)c1. The molecule has 1 aliphatic rings. The van der Waals surface area contributed by atoms with Gasteiger partial charge in [0.2, 0.25) is 17.5 Å². The molecule has 2 aromatic rings. The van der Waals surface area contributed by atoms with Crippen LogP contribution in [0.2, 0.25) is 0 Å². The first-order chi connectivity index (χ1) is 12.9. The molecule has 0 bridgehead atoms. The maximum Gasteiger partial charge on any atom is 0.257 e. The minimum Gasteiger partial charge on any atom is -0.368 e. The van der Waals surface area contributed by atoms with Crippen molar-refractivity contribution < 1.29 is 23.7 Å². The molecule has 10 nitrogen and oxygen atoms in total. The first-order valence-corrected chi connectivity index (χ1v) is 8.38. The van der Waals surface area contributed by atoms with Gasteiger partial charge in [-0.15, -0.1) is 0 Å². The van der Waals surface area contributed by atoms with E-state index in [0.717, 1.165) is 12.0 Å². The van der Waals surface area contributed by atoms with Gasteiger partial charge in [0.25, 0.3) is 11.8 Å². The van der Waals surface area contributed by atoms with Gasteiger partial charge in [-0.2, -0.15) is 0 Å². The van der Waals surface area contributed by atoms with Crippen LogP contribution in [0.5, 0.6) is 0 Å². The highest BCUT2D eigenvalue weighted by molar-refractivity contribution is 6.07. The molecule has 3 amide bonds. The standard InChI is InChI=1S/C17H19N5O5/c1-9-5-6-11(8-12(9)19-17(25)13-4-3-7-26-13)16(24)20-15-14(18-10(2)23)21-27-22-15/h5-6,8,13H,3-4,7H2,1-2H3,(H,19,25)(H,18,21,23)(H,20,22,24)/t13-/m0/s1. The normalized spacial score (nSPS) is 16.0. The second-order valence-electron chi connectivity index (χ2n) is 6.12. The highest BCUT2D eigenvalue weighted by Crippen LogP contribution is 2.22. The van der Waals surface area contributed by atoms with Crippen LogP contribution in [0.3, 0.4) is 0 Å². The van der Waals surface area contributed by atoms with Crippen LogP contribution in [0.25, 0.3) is 0 Å². The van der Waals surface area contributed by atoms with Gasteiger partial charge >= 0.3 is 0 Å². The van der Waals surface area contributed by atoms with E-state index in [2.05, 4.69) is 30.9 Å². The number of anilines is 3. The quantitative estimate of drug-likeness (QED) is 0.726. The van der Waals surface area contributed by atoms with E-state index in [1.165, 1.54) is 6.92 Å². The summed E-state index contributed by atoms with van der Waals surface area (Å²) in [5, 5.41) is 14.8. The summed E-state index contributed by atoms with van der Waals surface area (Å²) in [4.78, 5) is 35.9. The van der Waals surface area contributed by atoms with E-state index in [9.17, 15) is 14.4 Å². The van der Waals surface area contributed by atoms with Gasteiger partial charge in [-0.3, -0.25) is 14.4 Å². The first kappa shape index (κ1) is 18.5. The molecule has 1 atom stereocenters. The topological polar surface area (TPSA) is 135 Å². The van der Waals surface area contributed by atoms with Gasteiger partial charge in [0.15, 0.2) is 0 Å². The minimum absolute atomic E-state index is 0.00914. The average Bonchev–Trinajstić information content (AvgIpc) is 3.29. The Labute approximate surface area is 154 Å². The number of hydrogen-bond acceptors (Lipinski definition) is 7. The zero-order chi connectivity index (χ0) is 19.4. The van der Waals surface area contributed by atoms with Crippen LogP contribution < -0.4 is 16.0 Å². The van der Waals surface area contributed by atoms with Gasteiger partial charge in [-0.05, 0) is 47.8 Å². The van der Waals surface area contributed by atoms with Crippen LogP contribution in [0.4, 0.5) is 17.3 Å². The summed E-state index contributed by atoms with van der Waals surface area (Å²) in [6.45, 7) is 3.69. The molecular formula is C17H19N5O5. The van der Waals surface area contributed by atoms with Crippen molar-refractivity contribution in [3.8, 4) is 0 Å². The van der Waals surface area contributed by atoms with Crippen molar-refractivity contribution in [3.63, 3.8) is 0 Å². The van der Waals surface area contributed by atoms with Gasteiger partial charge < -0.3 is 20.7 Å². The maximum atomic E-state index is 12.5. The summed E-state index contributed by atoms with van der Waals surface area (Å²) in [6, 6.07) is 4.89.